The molecule has 0 bridgehead atoms. The van der Waals surface area contributed by atoms with Crippen molar-refractivity contribution in [3.8, 4) is 6.07 Å². The Kier molecular flexibility index (Phi) is 4.90. The largest absolute Gasteiger partial charge is 0.329 e. The van der Waals surface area contributed by atoms with Crippen molar-refractivity contribution in [3.63, 3.8) is 0 Å². The Balaban J connectivity index is 2.72. The van der Waals surface area contributed by atoms with Crippen molar-refractivity contribution < 1.29 is 0 Å². The fraction of sp³-hybridized carbons (Fsp3) is 0.500. The van der Waals surface area contributed by atoms with Crippen LogP contribution >= 0.6 is 0 Å². The Hall–Kier alpha value is -1.44. The minimum atomic E-state index is 0.0147. The summed E-state index contributed by atoms with van der Waals surface area (Å²) in [6.45, 7) is 3.18. The molecule has 0 spiro atoms. The highest BCUT2D eigenvalue weighted by Gasteiger charge is 2.16. The average Bonchev–Trinajstić information content (AvgIpc) is 2.31. The molecular formula is C12H18N4. The first-order chi connectivity index (χ1) is 7.69. The van der Waals surface area contributed by atoms with Crippen molar-refractivity contribution in [2.75, 3.05) is 20.1 Å². The van der Waals surface area contributed by atoms with Crippen molar-refractivity contribution in [2.24, 2.45) is 11.7 Å². The molecule has 86 valence electrons. The van der Waals surface area contributed by atoms with Crippen molar-refractivity contribution in [1.82, 2.24) is 9.88 Å². The molecule has 2 atom stereocenters. The number of nitriles is 1. The molecule has 0 aliphatic carbocycles. The van der Waals surface area contributed by atoms with Gasteiger partial charge in [-0.1, -0.05) is 0 Å². The first-order valence-electron chi connectivity index (χ1n) is 5.39. The number of pyridine rings is 1. The molecule has 2 N–H and O–H groups in total. The molecule has 0 saturated carbocycles. The van der Waals surface area contributed by atoms with Crippen LogP contribution in [0.15, 0.2) is 24.5 Å². The molecule has 0 radical (unpaired) electrons. The zero-order valence-corrected chi connectivity index (χ0v) is 9.80. The fourth-order valence-corrected chi connectivity index (χ4v) is 1.76. The lowest BCUT2D eigenvalue weighted by Gasteiger charge is -2.27. The lowest BCUT2D eigenvalue weighted by molar-refractivity contribution is 0.233. The minimum Gasteiger partial charge on any atom is -0.329 e. The zero-order valence-electron chi connectivity index (χ0n) is 9.80. The van der Waals surface area contributed by atoms with Crippen LogP contribution in [0.1, 0.15) is 18.5 Å². The number of nitrogens with zero attached hydrogens (tertiary/aromatic N) is 3. The first kappa shape index (κ1) is 12.6. The van der Waals surface area contributed by atoms with Crippen LogP contribution in [0.5, 0.6) is 0 Å². The van der Waals surface area contributed by atoms with Crippen LogP contribution in [0, 0.1) is 17.2 Å². The second-order valence-electron chi connectivity index (χ2n) is 4.00. The molecule has 0 amide bonds. The molecule has 1 rings (SSSR count). The van der Waals surface area contributed by atoms with Gasteiger partial charge in [0.1, 0.15) is 0 Å². The molecule has 1 aromatic rings. The van der Waals surface area contributed by atoms with Gasteiger partial charge in [-0.05, 0) is 31.7 Å². The molecule has 0 aliphatic heterocycles. The van der Waals surface area contributed by atoms with Crippen LogP contribution in [-0.2, 0) is 0 Å². The van der Waals surface area contributed by atoms with Crippen molar-refractivity contribution in [3.05, 3.63) is 30.1 Å². The summed E-state index contributed by atoms with van der Waals surface area (Å²) in [5, 5.41) is 8.79. The predicted octanol–water partition coefficient (Wildman–Crippen LogP) is 1.17. The summed E-state index contributed by atoms with van der Waals surface area (Å²) in [6, 6.07) is 6.31. The predicted molar refractivity (Wildman–Crippen MR) is 63.4 cm³/mol. The topological polar surface area (TPSA) is 65.9 Å². The average molecular weight is 218 g/mol. The molecule has 0 saturated heterocycles. The maximum Gasteiger partial charge on any atom is 0.0666 e. The maximum absolute atomic E-state index is 8.79. The van der Waals surface area contributed by atoms with Gasteiger partial charge in [-0.15, -0.1) is 0 Å². The summed E-state index contributed by atoms with van der Waals surface area (Å²) >= 11 is 0. The van der Waals surface area contributed by atoms with Gasteiger partial charge in [0.2, 0.25) is 0 Å². The van der Waals surface area contributed by atoms with Gasteiger partial charge in [-0.3, -0.25) is 9.88 Å². The van der Waals surface area contributed by atoms with E-state index in [1.807, 2.05) is 26.1 Å². The lowest BCUT2D eigenvalue weighted by atomic mass is 10.1. The van der Waals surface area contributed by atoms with Crippen LogP contribution in [0.2, 0.25) is 0 Å². The summed E-state index contributed by atoms with van der Waals surface area (Å²) in [7, 11) is 1.99. The van der Waals surface area contributed by atoms with E-state index in [-0.39, 0.29) is 12.0 Å². The van der Waals surface area contributed by atoms with E-state index in [2.05, 4.69) is 16.0 Å². The molecule has 16 heavy (non-hydrogen) atoms. The number of hydrogen-bond donors (Lipinski definition) is 1. The van der Waals surface area contributed by atoms with E-state index in [1.54, 1.807) is 12.4 Å². The van der Waals surface area contributed by atoms with Gasteiger partial charge in [-0.25, -0.2) is 0 Å². The third kappa shape index (κ3) is 3.30. The number of hydrogen-bond acceptors (Lipinski definition) is 4. The van der Waals surface area contributed by atoms with Crippen LogP contribution < -0.4 is 5.73 Å². The highest BCUT2D eigenvalue weighted by Crippen LogP contribution is 2.18. The summed E-state index contributed by atoms with van der Waals surface area (Å²) in [5.41, 5.74) is 6.92. The molecule has 1 aromatic heterocycles. The van der Waals surface area contributed by atoms with Crippen molar-refractivity contribution in [2.45, 2.75) is 13.0 Å². The van der Waals surface area contributed by atoms with E-state index >= 15 is 0 Å². The lowest BCUT2D eigenvalue weighted by Crippen LogP contribution is -2.33. The van der Waals surface area contributed by atoms with Gasteiger partial charge < -0.3 is 5.73 Å². The van der Waals surface area contributed by atoms with Crippen LogP contribution in [-0.4, -0.2) is 30.0 Å². The number of likely N-dealkylation sites (N-methyl/N-ethyl adjacent to an activating group) is 1. The number of rotatable bonds is 5. The van der Waals surface area contributed by atoms with Crippen LogP contribution in [0.25, 0.3) is 0 Å². The van der Waals surface area contributed by atoms with Crippen LogP contribution in [0.3, 0.4) is 0 Å². The molecule has 0 aromatic carbocycles. The van der Waals surface area contributed by atoms with Gasteiger partial charge in [-0.2, -0.15) is 5.26 Å². The van der Waals surface area contributed by atoms with Gasteiger partial charge >= 0.3 is 0 Å². The number of nitrogens with two attached hydrogens (primary N) is 1. The SMILES string of the molecule is CC(C#N)CN(C)C(CN)c1ccncc1. The molecule has 0 fully saturated rings. The van der Waals surface area contributed by atoms with E-state index in [0.29, 0.717) is 6.54 Å². The highest BCUT2D eigenvalue weighted by atomic mass is 15.1. The Morgan fingerprint density at radius 2 is 2.12 bits per heavy atom. The van der Waals surface area contributed by atoms with E-state index in [4.69, 9.17) is 11.0 Å². The summed E-state index contributed by atoms with van der Waals surface area (Å²) < 4.78 is 0. The fourth-order valence-electron chi connectivity index (χ4n) is 1.76. The van der Waals surface area contributed by atoms with Gasteiger partial charge in [0.25, 0.3) is 0 Å². The molecule has 4 nitrogen and oxygen atoms in total. The standard InChI is InChI=1S/C12H18N4/c1-10(7-13)9-16(2)12(8-14)11-3-5-15-6-4-11/h3-6,10,12H,8-9,14H2,1-2H3. The third-order valence-corrected chi connectivity index (χ3v) is 2.63. The zero-order chi connectivity index (χ0) is 12.0. The highest BCUT2D eigenvalue weighted by molar-refractivity contribution is 5.15. The van der Waals surface area contributed by atoms with Gasteiger partial charge in [0.05, 0.1) is 12.0 Å². The smallest absolute Gasteiger partial charge is 0.0666 e. The molecule has 2 unspecified atom stereocenters. The van der Waals surface area contributed by atoms with E-state index in [9.17, 15) is 0 Å². The quantitative estimate of drug-likeness (QED) is 0.805. The van der Waals surface area contributed by atoms with E-state index in [1.165, 1.54) is 0 Å². The molecule has 1 heterocycles. The van der Waals surface area contributed by atoms with E-state index < -0.39 is 0 Å². The second-order valence-corrected chi connectivity index (χ2v) is 4.00. The van der Waals surface area contributed by atoms with Gasteiger partial charge in [0, 0.05) is 31.5 Å². The van der Waals surface area contributed by atoms with Gasteiger partial charge in [0.15, 0.2) is 0 Å². The normalized spacial score (nSPS) is 14.4. The summed E-state index contributed by atoms with van der Waals surface area (Å²) in [4.78, 5) is 6.10. The molecule has 4 heteroatoms. The maximum atomic E-state index is 8.79. The monoisotopic (exact) mass is 218 g/mol. The Labute approximate surface area is 96.7 Å². The minimum absolute atomic E-state index is 0.0147. The Bertz CT molecular complexity index is 344. The first-order valence-corrected chi connectivity index (χ1v) is 5.39. The van der Waals surface area contributed by atoms with Crippen molar-refractivity contribution >= 4 is 0 Å². The summed E-state index contributed by atoms with van der Waals surface area (Å²) in [6.07, 6.45) is 3.53. The Morgan fingerprint density at radius 1 is 1.50 bits per heavy atom. The van der Waals surface area contributed by atoms with Crippen LogP contribution in [0.4, 0.5) is 0 Å². The van der Waals surface area contributed by atoms with E-state index in [0.717, 1.165) is 12.1 Å². The third-order valence-electron chi connectivity index (χ3n) is 2.63. The number of aromatic nitrogens is 1. The molecule has 0 aliphatic rings. The molecular weight excluding hydrogens is 200 g/mol. The summed E-state index contributed by atoms with van der Waals surface area (Å²) in [5.74, 6) is 0.0147. The second kappa shape index (κ2) is 6.21. The van der Waals surface area contributed by atoms with Crippen molar-refractivity contribution in [1.29, 1.82) is 5.26 Å². The Morgan fingerprint density at radius 3 is 2.62 bits per heavy atom.